The Morgan fingerprint density at radius 1 is 1.57 bits per heavy atom. The summed E-state index contributed by atoms with van der Waals surface area (Å²) >= 11 is 5.89. The van der Waals surface area contributed by atoms with Crippen LogP contribution in [-0.4, -0.2) is 15.6 Å². The number of hydrogen-bond acceptors (Lipinski definition) is 2. The quantitative estimate of drug-likeness (QED) is 0.774. The van der Waals surface area contributed by atoms with Gasteiger partial charge in [-0.2, -0.15) is 0 Å². The minimum absolute atomic E-state index is 0.575. The molecule has 0 saturated heterocycles. The molecule has 0 unspecified atom stereocenters. The van der Waals surface area contributed by atoms with Gasteiger partial charge in [-0.1, -0.05) is 23.8 Å². The lowest BCUT2D eigenvalue weighted by Gasteiger charge is -2.11. The average molecular weight is 212 g/mol. The molecule has 1 N–H and O–H groups in total. The van der Waals surface area contributed by atoms with Crippen molar-refractivity contribution in [1.29, 1.82) is 0 Å². The van der Waals surface area contributed by atoms with E-state index >= 15 is 0 Å². The van der Waals surface area contributed by atoms with Gasteiger partial charge in [0.2, 0.25) is 0 Å². The average Bonchev–Trinajstić information content (AvgIpc) is 2.77. The minimum Gasteiger partial charge on any atom is -0.321 e. The topological polar surface area (TPSA) is 29.9 Å². The second kappa shape index (κ2) is 4.15. The van der Waals surface area contributed by atoms with Crippen molar-refractivity contribution >= 4 is 11.6 Å². The van der Waals surface area contributed by atoms with Gasteiger partial charge in [-0.15, -0.1) is 0 Å². The molecule has 2 rings (SSSR count). The molecule has 0 aliphatic heterocycles. The normalized spacial score (nSPS) is 16.7. The summed E-state index contributed by atoms with van der Waals surface area (Å²) in [6, 6.07) is 0.575. The summed E-state index contributed by atoms with van der Waals surface area (Å²) in [6.07, 6.45) is 8.36. The fraction of sp³-hybridized carbons (Fsp3) is 0.500. The van der Waals surface area contributed by atoms with Gasteiger partial charge in [0.25, 0.3) is 0 Å². The molecule has 1 aromatic rings. The van der Waals surface area contributed by atoms with Crippen molar-refractivity contribution in [3.63, 3.8) is 0 Å². The summed E-state index contributed by atoms with van der Waals surface area (Å²) in [5, 5.41) is 4.13. The van der Waals surface area contributed by atoms with Gasteiger partial charge in [0.15, 0.2) is 0 Å². The van der Waals surface area contributed by atoms with Crippen molar-refractivity contribution in [3.05, 3.63) is 29.3 Å². The Balaban J connectivity index is 1.88. The highest BCUT2D eigenvalue weighted by Crippen LogP contribution is 2.12. The van der Waals surface area contributed by atoms with Crippen molar-refractivity contribution < 1.29 is 0 Å². The lowest BCUT2D eigenvalue weighted by Crippen LogP contribution is -2.26. The second-order valence-electron chi connectivity index (χ2n) is 3.58. The van der Waals surface area contributed by atoms with Crippen LogP contribution in [0.15, 0.2) is 18.3 Å². The van der Waals surface area contributed by atoms with Crippen LogP contribution in [0.3, 0.4) is 0 Å². The first-order valence-electron chi connectivity index (χ1n) is 4.82. The third kappa shape index (κ3) is 1.99. The molecule has 0 radical (unpaired) electrons. The van der Waals surface area contributed by atoms with Crippen molar-refractivity contribution in [1.82, 2.24) is 14.9 Å². The van der Waals surface area contributed by atoms with Crippen LogP contribution >= 0.6 is 11.6 Å². The van der Waals surface area contributed by atoms with Gasteiger partial charge in [0.1, 0.15) is 11.0 Å². The van der Waals surface area contributed by atoms with Gasteiger partial charge in [-0.3, -0.25) is 0 Å². The molecule has 76 valence electrons. The van der Waals surface area contributed by atoms with Gasteiger partial charge in [-0.25, -0.2) is 4.98 Å². The molecule has 0 spiro atoms. The first-order valence-corrected chi connectivity index (χ1v) is 5.19. The third-order valence-electron chi connectivity index (χ3n) is 2.58. The highest BCUT2D eigenvalue weighted by Gasteiger charge is 2.10. The summed E-state index contributed by atoms with van der Waals surface area (Å²) in [4.78, 5) is 4.22. The molecule has 3 nitrogen and oxygen atoms in total. The molecular weight excluding hydrogens is 198 g/mol. The number of imidazole rings is 1. The molecule has 0 aromatic carbocycles. The zero-order valence-electron chi connectivity index (χ0n) is 8.20. The molecule has 0 fully saturated rings. The first-order chi connectivity index (χ1) is 6.77. The Kier molecular flexibility index (Phi) is 2.89. The molecule has 1 heterocycles. The summed E-state index contributed by atoms with van der Waals surface area (Å²) in [7, 11) is 1.93. The van der Waals surface area contributed by atoms with E-state index in [2.05, 4.69) is 22.5 Å². The van der Waals surface area contributed by atoms with Crippen LogP contribution in [0.25, 0.3) is 0 Å². The van der Waals surface area contributed by atoms with Crippen LogP contribution in [0.5, 0.6) is 0 Å². The van der Waals surface area contributed by atoms with E-state index in [-0.39, 0.29) is 0 Å². The van der Waals surface area contributed by atoms with Gasteiger partial charge in [0.05, 0.1) is 12.7 Å². The van der Waals surface area contributed by atoms with E-state index in [1.165, 1.54) is 0 Å². The highest BCUT2D eigenvalue weighted by molar-refractivity contribution is 6.29. The first kappa shape index (κ1) is 9.74. The van der Waals surface area contributed by atoms with Crippen molar-refractivity contribution in [2.45, 2.75) is 25.4 Å². The minimum atomic E-state index is 0.575. The van der Waals surface area contributed by atoms with Crippen LogP contribution in [0.4, 0.5) is 0 Å². The Morgan fingerprint density at radius 3 is 2.86 bits per heavy atom. The van der Waals surface area contributed by atoms with Gasteiger partial charge < -0.3 is 9.88 Å². The molecule has 1 aliphatic rings. The number of hydrogen-bond donors (Lipinski definition) is 1. The SMILES string of the molecule is Cn1c(Cl)cnc1CNC1CC=CC1. The van der Waals surface area contributed by atoms with Crippen molar-refractivity contribution in [2.75, 3.05) is 0 Å². The molecule has 0 amide bonds. The lowest BCUT2D eigenvalue weighted by molar-refractivity contribution is 0.519. The smallest absolute Gasteiger partial charge is 0.128 e. The van der Waals surface area contributed by atoms with E-state index in [1.807, 2.05) is 11.6 Å². The van der Waals surface area contributed by atoms with Crippen molar-refractivity contribution in [2.24, 2.45) is 7.05 Å². The summed E-state index contributed by atoms with van der Waals surface area (Å²) in [6.45, 7) is 0.787. The Hall–Kier alpha value is -0.800. The Bertz CT molecular complexity index is 335. The standard InChI is InChI=1S/C10H14ClN3/c1-14-9(11)6-13-10(14)7-12-8-4-2-3-5-8/h2-3,6,8,12H,4-5,7H2,1H3. The number of nitrogens with one attached hydrogen (secondary N) is 1. The maximum absolute atomic E-state index is 5.89. The van der Waals surface area contributed by atoms with Gasteiger partial charge >= 0.3 is 0 Å². The maximum atomic E-state index is 5.89. The summed E-state index contributed by atoms with van der Waals surface area (Å²) < 4.78 is 1.90. The van der Waals surface area contributed by atoms with Gasteiger partial charge in [0, 0.05) is 13.1 Å². The van der Waals surface area contributed by atoms with Crippen LogP contribution in [0.1, 0.15) is 18.7 Å². The zero-order chi connectivity index (χ0) is 9.97. The molecular formula is C10H14ClN3. The lowest BCUT2D eigenvalue weighted by atomic mass is 10.2. The van der Waals surface area contributed by atoms with Gasteiger partial charge in [-0.05, 0) is 12.8 Å². The number of halogens is 1. The third-order valence-corrected chi connectivity index (χ3v) is 2.94. The fourth-order valence-corrected chi connectivity index (χ4v) is 1.75. The molecule has 0 bridgehead atoms. The second-order valence-corrected chi connectivity index (χ2v) is 3.96. The fourth-order valence-electron chi connectivity index (χ4n) is 1.61. The van der Waals surface area contributed by atoms with E-state index in [9.17, 15) is 0 Å². The Labute approximate surface area is 88.8 Å². The van der Waals surface area contributed by atoms with Crippen molar-refractivity contribution in [3.8, 4) is 0 Å². The zero-order valence-corrected chi connectivity index (χ0v) is 8.96. The van der Waals surface area contributed by atoms with E-state index in [0.717, 1.165) is 25.2 Å². The molecule has 4 heteroatoms. The molecule has 14 heavy (non-hydrogen) atoms. The van der Waals surface area contributed by atoms with E-state index in [4.69, 9.17) is 11.6 Å². The van der Waals surface area contributed by atoms with E-state index in [1.54, 1.807) is 6.20 Å². The van der Waals surface area contributed by atoms with E-state index < -0.39 is 0 Å². The summed E-state index contributed by atoms with van der Waals surface area (Å²) in [5.74, 6) is 0.988. The number of rotatable bonds is 3. The van der Waals surface area contributed by atoms with Crippen LogP contribution < -0.4 is 5.32 Å². The summed E-state index contributed by atoms with van der Waals surface area (Å²) in [5.41, 5.74) is 0. The highest BCUT2D eigenvalue weighted by atomic mass is 35.5. The van der Waals surface area contributed by atoms with E-state index in [0.29, 0.717) is 11.2 Å². The molecule has 0 atom stereocenters. The number of aromatic nitrogens is 2. The maximum Gasteiger partial charge on any atom is 0.128 e. The Morgan fingerprint density at radius 2 is 2.29 bits per heavy atom. The largest absolute Gasteiger partial charge is 0.321 e. The van der Waals surface area contributed by atoms with Crippen LogP contribution in [0, 0.1) is 0 Å². The monoisotopic (exact) mass is 211 g/mol. The molecule has 0 saturated carbocycles. The molecule has 1 aliphatic carbocycles. The predicted molar refractivity (Wildman–Crippen MR) is 57.2 cm³/mol. The molecule has 1 aromatic heterocycles. The number of nitrogens with zero attached hydrogens (tertiary/aromatic N) is 2. The predicted octanol–water partition coefficient (Wildman–Crippen LogP) is 1.88. The van der Waals surface area contributed by atoms with Crippen LogP contribution in [-0.2, 0) is 13.6 Å². The van der Waals surface area contributed by atoms with Crippen LogP contribution in [0.2, 0.25) is 5.15 Å².